The third-order valence-corrected chi connectivity index (χ3v) is 6.24. The number of carbonyl (C=O) groups is 3. The molecular formula is C23H24N4O3. The van der Waals surface area contributed by atoms with Gasteiger partial charge < -0.3 is 15.5 Å². The number of carbonyl (C=O) groups excluding carboxylic acids is 3. The second-order valence-corrected chi connectivity index (χ2v) is 8.15. The summed E-state index contributed by atoms with van der Waals surface area (Å²) in [4.78, 5) is 38.1. The summed E-state index contributed by atoms with van der Waals surface area (Å²) in [6.45, 7) is 2.78. The summed E-state index contributed by atoms with van der Waals surface area (Å²) in [5, 5.41) is 9.35. The first-order valence-electron chi connectivity index (χ1n) is 10.4. The Balaban J connectivity index is 1.22. The van der Waals surface area contributed by atoms with Crippen molar-refractivity contribution in [3.8, 4) is 0 Å². The van der Waals surface area contributed by atoms with Crippen LogP contribution in [0.4, 0.5) is 0 Å². The molecule has 1 saturated heterocycles. The van der Waals surface area contributed by atoms with E-state index in [1.54, 1.807) is 4.90 Å². The molecule has 0 radical (unpaired) electrons. The van der Waals surface area contributed by atoms with E-state index in [1.165, 1.54) is 11.1 Å². The molecule has 3 aliphatic heterocycles. The minimum atomic E-state index is -0.572. The zero-order valence-corrected chi connectivity index (χ0v) is 16.6. The number of imide groups is 1. The highest BCUT2D eigenvalue weighted by atomic mass is 16.2. The average Bonchev–Trinajstić information content (AvgIpc) is 3.30. The highest BCUT2D eigenvalue weighted by molar-refractivity contribution is 6.05. The normalized spacial score (nSPS) is 22.8. The van der Waals surface area contributed by atoms with Gasteiger partial charge in [-0.3, -0.25) is 19.7 Å². The topological polar surface area (TPSA) is 90.5 Å². The Bertz CT molecular complexity index is 1030. The summed E-state index contributed by atoms with van der Waals surface area (Å²) in [5.74, 6) is -0.778. The van der Waals surface area contributed by atoms with E-state index >= 15 is 0 Å². The largest absolute Gasteiger partial charge is 0.322 e. The number of nitrogens with zero attached hydrogens (tertiary/aromatic N) is 1. The fourth-order valence-electron chi connectivity index (χ4n) is 4.63. The number of rotatable bonds is 5. The number of benzene rings is 2. The Hall–Kier alpha value is -3.03. The van der Waals surface area contributed by atoms with Gasteiger partial charge in [0.1, 0.15) is 6.04 Å². The predicted octanol–water partition coefficient (Wildman–Crippen LogP) is 1.38. The zero-order chi connectivity index (χ0) is 20.7. The molecule has 7 nitrogen and oxygen atoms in total. The third-order valence-electron chi connectivity index (χ3n) is 6.24. The highest BCUT2D eigenvalue weighted by Crippen LogP contribution is 2.28. The quantitative estimate of drug-likeness (QED) is 0.655. The average molecular weight is 404 g/mol. The predicted molar refractivity (Wildman–Crippen MR) is 110 cm³/mol. The van der Waals surface area contributed by atoms with E-state index in [4.69, 9.17) is 0 Å². The molecule has 1 fully saturated rings. The molecule has 3 N–H and O–H groups in total. The van der Waals surface area contributed by atoms with E-state index < -0.39 is 6.04 Å². The van der Waals surface area contributed by atoms with Crippen molar-refractivity contribution in [2.45, 2.75) is 44.6 Å². The molecule has 7 heteroatoms. The van der Waals surface area contributed by atoms with Crippen molar-refractivity contribution in [3.63, 3.8) is 0 Å². The maximum absolute atomic E-state index is 12.9. The van der Waals surface area contributed by atoms with Crippen LogP contribution in [-0.2, 0) is 29.2 Å². The molecule has 3 aliphatic rings. The summed E-state index contributed by atoms with van der Waals surface area (Å²) in [6, 6.07) is 14.1. The number of amides is 3. The summed E-state index contributed by atoms with van der Waals surface area (Å²) in [5.41, 5.74) is 5.32. The monoisotopic (exact) mass is 404 g/mol. The second kappa shape index (κ2) is 7.66. The summed E-state index contributed by atoms with van der Waals surface area (Å²) in [6.07, 6.45) is 0.651. The molecule has 0 spiro atoms. The van der Waals surface area contributed by atoms with Crippen molar-refractivity contribution in [2.24, 2.45) is 0 Å². The van der Waals surface area contributed by atoms with Gasteiger partial charge in [0.25, 0.3) is 5.91 Å². The molecule has 0 aromatic heterocycles. The number of piperidine rings is 1. The highest BCUT2D eigenvalue weighted by Gasteiger charge is 2.39. The number of nitrogens with one attached hydrogen (secondary N) is 3. The fourth-order valence-corrected chi connectivity index (χ4v) is 4.63. The molecule has 2 unspecified atom stereocenters. The molecule has 3 heterocycles. The minimum absolute atomic E-state index is 0.132. The Morgan fingerprint density at radius 1 is 1.07 bits per heavy atom. The van der Waals surface area contributed by atoms with Crippen molar-refractivity contribution >= 4 is 17.7 Å². The molecule has 30 heavy (non-hydrogen) atoms. The summed E-state index contributed by atoms with van der Waals surface area (Å²) < 4.78 is 0. The van der Waals surface area contributed by atoms with Crippen LogP contribution in [-0.4, -0.2) is 35.2 Å². The Morgan fingerprint density at radius 3 is 2.80 bits per heavy atom. The van der Waals surface area contributed by atoms with Crippen LogP contribution in [0.2, 0.25) is 0 Å². The van der Waals surface area contributed by atoms with Crippen LogP contribution in [0.3, 0.4) is 0 Å². The number of hydrogen-bond acceptors (Lipinski definition) is 5. The van der Waals surface area contributed by atoms with Gasteiger partial charge in [-0.2, -0.15) is 0 Å². The van der Waals surface area contributed by atoms with E-state index in [0.29, 0.717) is 31.1 Å². The van der Waals surface area contributed by atoms with Crippen molar-refractivity contribution in [1.82, 2.24) is 20.9 Å². The van der Waals surface area contributed by atoms with Gasteiger partial charge >= 0.3 is 0 Å². The molecule has 2 aromatic carbocycles. The van der Waals surface area contributed by atoms with Gasteiger partial charge in [-0.25, -0.2) is 0 Å². The van der Waals surface area contributed by atoms with Crippen molar-refractivity contribution < 1.29 is 14.4 Å². The molecule has 5 rings (SSSR count). The molecule has 0 aliphatic carbocycles. The smallest absolute Gasteiger partial charge is 0.255 e. The summed E-state index contributed by atoms with van der Waals surface area (Å²) in [7, 11) is 0. The van der Waals surface area contributed by atoms with E-state index in [1.807, 2.05) is 18.2 Å². The van der Waals surface area contributed by atoms with Gasteiger partial charge in [0.15, 0.2) is 0 Å². The lowest BCUT2D eigenvalue weighted by Gasteiger charge is -2.29. The second-order valence-electron chi connectivity index (χ2n) is 8.15. The van der Waals surface area contributed by atoms with Gasteiger partial charge in [-0.15, -0.1) is 0 Å². The first-order chi connectivity index (χ1) is 14.6. The molecule has 2 aromatic rings. The van der Waals surface area contributed by atoms with Crippen LogP contribution in [0, 0.1) is 0 Å². The fraction of sp³-hybridized carbons (Fsp3) is 0.348. The van der Waals surface area contributed by atoms with Crippen molar-refractivity contribution in [1.29, 1.82) is 0 Å². The third kappa shape index (κ3) is 3.40. The SMILES string of the molecule is O=C1CCC(N2Cc3ccc(CNCC4NCc5ccccc54)cc3C2=O)C(=O)N1. The molecule has 3 amide bonds. The first-order valence-corrected chi connectivity index (χ1v) is 10.4. The van der Waals surface area contributed by atoms with Gasteiger partial charge in [0.2, 0.25) is 11.8 Å². The van der Waals surface area contributed by atoms with Gasteiger partial charge in [-0.05, 0) is 34.7 Å². The van der Waals surface area contributed by atoms with E-state index in [2.05, 4.69) is 40.2 Å². The molecule has 154 valence electrons. The van der Waals surface area contributed by atoms with Crippen LogP contribution >= 0.6 is 0 Å². The maximum atomic E-state index is 12.9. The Kier molecular flexibility index (Phi) is 4.84. The lowest BCUT2D eigenvalue weighted by molar-refractivity contribution is -0.136. The summed E-state index contributed by atoms with van der Waals surface area (Å²) >= 11 is 0. The standard InChI is InChI=1S/C23H24N4O3/c28-21-8-7-20(22(29)26-21)27-13-16-6-5-14(9-18(16)23(27)30)10-24-12-19-17-4-2-1-3-15(17)11-25-19/h1-6,9,19-20,24-25H,7-8,10-13H2,(H,26,28,29). The number of fused-ring (bicyclic) bond motifs is 2. The first kappa shape index (κ1) is 19.0. The lowest BCUT2D eigenvalue weighted by atomic mass is 10.0. The van der Waals surface area contributed by atoms with E-state index in [9.17, 15) is 14.4 Å². The van der Waals surface area contributed by atoms with Gasteiger partial charge in [0.05, 0.1) is 0 Å². The van der Waals surface area contributed by atoms with Crippen LogP contribution in [0.1, 0.15) is 51.5 Å². The van der Waals surface area contributed by atoms with E-state index in [0.717, 1.165) is 24.2 Å². The maximum Gasteiger partial charge on any atom is 0.255 e. The van der Waals surface area contributed by atoms with Gasteiger partial charge in [-0.1, -0.05) is 36.4 Å². The molecule has 0 bridgehead atoms. The Labute approximate surface area is 174 Å². The van der Waals surface area contributed by atoms with E-state index in [-0.39, 0.29) is 24.1 Å². The minimum Gasteiger partial charge on any atom is -0.322 e. The van der Waals surface area contributed by atoms with Crippen molar-refractivity contribution in [2.75, 3.05) is 6.54 Å². The van der Waals surface area contributed by atoms with Crippen LogP contribution < -0.4 is 16.0 Å². The van der Waals surface area contributed by atoms with Gasteiger partial charge in [0, 0.05) is 44.2 Å². The van der Waals surface area contributed by atoms with Crippen LogP contribution in [0.25, 0.3) is 0 Å². The Morgan fingerprint density at radius 2 is 1.93 bits per heavy atom. The van der Waals surface area contributed by atoms with Crippen LogP contribution in [0.5, 0.6) is 0 Å². The zero-order valence-electron chi connectivity index (χ0n) is 16.6. The lowest BCUT2D eigenvalue weighted by Crippen LogP contribution is -2.52. The molecular weight excluding hydrogens is 380 g/mol. The molecule has 0 saturated carbocycles. The number of hydrogen-bond donors (Lipinski definition) is 3. The van der Waals surface area contributed by atoms with Crippen LogP contribution in [0.15, 0.2) is 42.5 Å². The van der Waals surface area contributed by atoms with Crippen molar-refractivity contribution in [3.05, 3.63) is 70.3 Å². The molecule has 2 atom stereocenters.